The summed E-state index contributed by atoms with van der Waals surface area (Å²) in [7, 11) is 1.76. The van der Waals surface area contributed by atoms with Crippen molar-refractivity contribution in [3.05, 3.63) is 0 Å². The van der Waals surface area contributed by atoms with Gasteiger partial charge in [-0.05, 0) is 25.9 Å². The molecular formula is C17H31N3O4. The third kappa shape index (κ3) is 6.47. The van der Waals surface area contributed by atoms with E-state index in [2.05, 4.69) is 4.90 Å². The van der Waals surface area contributed by atoms with Crippen LogP contribution in [0.3, 0.4) is 0 Å². The Morgan fingerprint density at radius 3 is 2.08 bits per heavy atom. The van der Waals surface area contributed by atoms with Gasteiger partial charge in [0.05, 0.1) is 5.92 Å². The molecule has 0 aromatic rings. The predicted molar refractivity (Wildman–Crippen MR) is 91.6 cm³/mol. The van der Waals surface area contributed by atoms with E-state index in [1.165, 1.54) is 0 Å². The van der Waals surface area contributed by atoms with Gasteiger partial charge in [-0.2, -0.15) is 0 Å². The standard InChI is InChI=1S/C17H31N3O4/c1-4-15(21)18(3)10-12-20(16(22)5-2)13-11-19-8-6-14(7-9-19)17(23)24/h14H,4-13H2,1-3H3,(H,23,24). The van der Waals surface area contributed by atoms with Crippen molar-refractivity contribution in [1.29, 1.82) is 0 Å². The summed E-state index contributed by atoms with van der Waals surface area (Å²) in [6.07, 6.45) is 2.26. The lowest BCUT2D eigenvalue weighted by Crippen LogP contribution is -2.45. The van der Waals surface area contributed by atoms with Crippen LogP contribution in [0.2, 0.25) is 0 Å². The van der Waals surface area contributed by atoms with Crippen LogP contribution in [-0.2, 0) is 14.4 Å². The van der Waals surface area contributed by atoms with Crippen LogP contribution in [0.1, 0.15) is 39.5 Å². The first-order valence-corrected chi connectivity index (χ1v) is 8.85. The van der Waals surface area contributed by atoms with Crippen LogP contribution in [-0.4, -0.2) is 83.9 Å². The fourth-order valence-corrected chi connectivity index (χ4v) is 2.92. The second-order valence-electron chi connectivity index (χ2n) is 6.36. The molecule has 7 nitrogen and oxygen atoms in total. The van der Waals surface area contributed by atoms with Crippen molar-refractivity contribution in [3.8, 4) is 0 Å². The van der Waals surface area contributed by atoms with Gasteiger partial charge in [-0.3, -0.25) is 14.4 Å². The summed E-state index contributed by atoms with van der Waals surface area (Å²) in [5.41, 5.74) is 0. The topological polar surface area (TPSA) is 81.2 Å². The minimum atomic E-state index is -0.707. The van der Waals surface area contributed by atoms with Crippen LogP contribution in [0.4, 0.5) is 0 Å². The van der Waals surface area contributed by atoms with Gasteiger partial charge < -0.3 is 19.8 Å². The zero-order valence-corrected chi connectivity index (χ0v) is 15.2. The molecule has 0 unspecified atom stereocenters. The second kappa shape index (κ2) is 10.3. The SMILES string of the molecule is CCC(=O)N(C)CCN(CCN1CCC(C(=O)O)CC1)C(=O)CC. The highest BCUT2D eigenvalue weighted by Gasteiger charge is 2.24. The van der Waals surface area contributed by atoms with Gasteiger partial charge in [0.25, 0.3) is 0 Å². The smallest absolute Gasteiger partial charge is 0.306 e. The molecule has 0 atom stereocenters. The lowest BCUT2D eigenvalue weighted by molar-refractivity contribution is -0.143. The predicted octanol–water partition coefficient (Wildman–Crippen LogP) is 0.890. The molecule has 1 saturated heterocycles. The molecule has 2 amide bonds. The number of carboxylic acids is 1. The van der Waals surface area contributed by atoms with Crippen molar-refractivity contribution in [2.75, 3.05) is 46.3 Å². The Morgan fingerprint density at radius 2 is 1.58 bits per heavy atom. The van der Waals surface area contributed by atoms with Crippen molar-refractivity contribution in [1.82, 2.24) is 14.7 Å². The van der Waals surface area contributed by atoms with Gasteiger partial charge in [0.1, 0.15) is 0 Å². The summed E-state index contributed by atoms with van der Waals surface area (Å²) in [6.45, 7) is 7.66. The monoisotopic (exact) mass is 341 g/mol. The molecule has 0 spiro atoms. The molecule has 0 aromatic heterocycles. The summed E-state index contributed by atoms with van der Waals surface area (Å²) < 4.78 is 0. The number of amides is 2. The van der Waals surface area contributed by atoms with E-state index in [0.717, 1.165) is 19.6 Å². The second-order valence-corrected chi connectivity index (χ2v) is 6.36. The van der Waals surface area contributed by atoms with E-state index in [1.54, 1.807) is 11.9 Å². The van der Waals surface area contributed by atoms with Gasteiger partial charge in [0, 0.05) is 46.1 Å². The molecule has 0 aromatic carbocycles. The van der Waals surface area contributed by atoms with Gasteiger partial charge in [0.2, 0.25) is 11.8 Å². The maximum absolute atomic E-state index is 12.1. The van der Waals surface area contributed by atoms with Crippen LogP contribution >= 0.6 is 0 Å². The minimum Gasteiger partial charge on any atom is -0.481 e. The molecule has 1 heterocycles. The largest absolute Gasteiger partial charge is 0.481 e. The summed E-state index contributed by atoms with van der Waals surface area (Å²) in [5, 5.41) is 9.03. The third-order valence-corrected chi connectivity index (χ3v) is 4.71. The fraction of sp³-hybridized carbons (Fsp3) is 0.824. The number of hydrogen-bond donors (Lipinski definition) is 1. The Labute approximate surface area is 144 Å². The summed E-state index contributed by atoms with van der Waals surface area (Å²) in [4.78, 5) is 40.4. The Bertz CT molecular complexity index is 434. The molecule has 0 radical (unpaired) electrons. The number of piperidine rings is 1. The van der Waals surface area contributed by atoms with Crippen molar-refractivity contribution in [3.63, 3.8) is 0 Å². The number of carbonyl (C=O) groups excluding carboxylic acids is 2. The van der Waals surface area contributed by atoms with Crippen LogP contribution in [0.25, 0.3) is 0 Å². The number of likely N-dealkylation sites (N-methyl/N-ethyl adjacent to an activating group) is 1. The Kier molecular flexibility index (Phi) is 8.74. The van der Waals surface area contributed by atoms with Crippen molar-refractivity contribution < 1.29 is 19.5 Å². The van der Waals surface area contributed by atoms with Crippen LogP contribution in [0, 0.1) is 5.92 Å². The molecule has 0 bridgehead atoms. The highest BCUT2D eigenvalue weighted by atomic mass is 16.4. The first-order valence-electron chi connectivity index (χ1n) is 8.85. The lowest BCUT2D eigenvalue weighted by atomic mass is 9.97. The van der Waals surface area contributed by atoms with E-state index in [4.69, 9.17) is 5.11 Å². The minimum absolute atomic E-state index is 0.0784. The Hall–Kier alpha value is -1.63. The molecule has 1 fully saturated rings. The number of likely N-dealkylation sites (tertiary alicyclic amines) is 1. The number of hydrogen-bond acceptors (Lipinski definition) is 4. The molecular weight excluding hydrogens is 310 g/mol. The van der Waals surface area contributed by atoms with E-state index in [-0.39, 0.29) is 17.7 Å². The zero-order valence-electron chi connectivity index (χ0n) is 15.2. The van der Waals surface area contributed by atoms with E-state index in [9.17, 15) is 14.4 Å². The lowest BCUT2D eigenvalue weighted by Gasteiger charge is -2.32. The van der Waals surface area contributed by atoms with Gasteiger partial charge >= 0.3 is 5.97 Å². The molecule has 1 N–H and O–H groups in total. The first-order chi connectivity index (χ1) is 11.4. The van der Waals surface area contributed by atoms with E-state index in [0.29, 0.717) is 45.3 Å². The number of aliphatic carboxylic acids is 1. The average molecular weight is 341 g/mol. The van der Waals surface area contributed by atoms with Gasteiger partial charge in [-0.1, -0.05) is 13.8 Å². The highest BCUT2D eigenvalue weighted by molar-refractivity contribution is 5.76. The summed E-state index contributed by atoms with van der Waals surface area (Å²) in [6, 6.07) is 0. The Balaban J connectivity index is 2.42. The number of carboxylic acid groups (broad SMARTS) is 1. The summed E-state index contributed by atoms with van der Waals surface area (Å²) in [5.74, 6) is -0.771. The fourth-order valence-electron chi connectivity index (χ4n) is 2.92. The number of carbonyl (C=O) groups is 3. The van der Waals surface area contributed by atoms with Gasteiger partial charge in [-0.15, -0.1) is 0 Å². The molecule has 0 aliphatic carbocycles. The van der Waals surface area contributed by atoms with Crippen molar-refractivity contribution >= 4 is 17.8 Å². The van der Waals surface area contributed by atoms with E-state index in [1.807, 2.05) is 18.7 Å². The van der Waals surface area contributed by atoms with Gasteiger partial charge in [-0.25, -0.2) is 0 Å². The van der Waals surface area contributed by atoms with Crippen molar-refractivity contribution in [2.45, 2.75) is 39.5 Å². The quantitative estimate of drug-likeness (QED) is 0.674. The molecule has 7 heteroatoms. The molecule has 1 aliphatic rings. The molecule has 1 rings (SSSR count). The molecule has 24 heavy (non-hydrogen) atoms. The molecule has 1 aliphatic heterocycles. The van der Waals surface area contributed by atoms with E-state index >= 15 is 0 Å². The van der Waals surface area contributed by atoms with Gasteiger partial charge in [0.15, 0.2) is 0 Å². The third-order valence-electron chi connectivity index (χ3n) is 4.71. The maximum Gasteiger partial charge on any atom is 0.306 e. The normalized spacial score (nSPS) is 16.0. The Morgan fingerprint density at radius 1 is 1.00 bits per heavy atom. The van der Waals surface area contributed by atoms with Crippen LogP contribution in [0.5, 0.6) is 0 Å². The first kappa shape index (κ1) is 20.4. The number of rotatable bonds is 9. The molecule has 138 valence electrons. The summed E-state index contributed by atoms with van der Waals surface area (Å²) >= 11 is 0. The maximum atomic E-state index is 12.1. The highest BCUT2D eigenvalue weighted by Crippen LogP contribution is 2.17. The average Bonchev–Trinajstić information content (AvgIpc) is 2.60. The number of nitrogens with zero attached hydrogens (tertiary/aromatic N) is 3. The van der Waals surface area contributed by atoms with Crippen LogP contribution < -0.4 is 0 Å². The molecule has 0 saturated carbocycles. The van der Waals surface area contributed by atoms with Crippen molar-refractivity contribution in [2.24, 2.45) is 5.92 Å². The van der Waals surface area contributed by atoms with Crippen LogP contribution in [0.15, 0.2) is 0 Å². The van der Waals surface area contributed by atoms with E-state index < -0.39 is 5.97 Å². The zero-order chi connectivity index (χ0) is 18.1.